The molecule has 0 aliphatic carbocycles. The Bertz CT molecular complexity index is 347. The monoisotopic (exact) mass is 258 g/mol. The third-order valence-corrected chi connectivity index (χ3v) is 3.51. The van der Waals surface area contributed by atoms with Crippen LogP contribution >= 0.6 is 23.2 Å². The van der Waals surface area contributed by atoms with Crippen LogP contribution < -0.4 is 0 Å². The maximum atomic E-state index is 6.11. The van der Waals surface area contributed by atoms with Gasteiger partial charge in [0.15, 0.2) is 0 Å². The molecule has 0 N–H and O–H groups in total. The summed E-state index contributed by atoms with van der Waals surface area (Å²) in [7, 11) is 0. The van der Waals surface area contributed by atoms with Crippen molar-refractivity contribution in [3.8, 4) is 0 Å². The van der Waals surface area contributed by atoms with E-state index in [1.807, 2.05) is 6.07 Å². The highest BCUT2D eigenvalue weighted by Gasteiger charge is 2.12. The summed E-state index contributed by atoms with van der Waals surface area (Å²) in [5, 5.41) is 1.24. The molecule has 0 bridgehead atoms. The normalized spacial score (nSPS) is 18.4. The average Bonchev–Trinajstić information content (AvgIpc) is 2.52. The molecule has 2 rings (SSSR count). The van der Waals surface area contributed by atoms with E-state index in [2.05, 4.69) is 9.88 Å². The summed E-state index contributed by atoms with van der Waals surface area (Å²) in [6.07, 6.45) is 5.23. The van der Waals surface area contributed by atoms with Gasteiger partial charge in [0, 0.05) is 6.54 Å². The minimum atomic E-state index is 0.522. The average molecular weight is 259 g/mol. The zero-order valence-corrected chi connectivity index (χ0v) is 10.8. The molecular weight excluding hydrogens is 243 g/mol. The molecule has 2 heterocycles. The predicted octanol–water partition coefficient (Wildman–Crippen LogP) is 3.76. The highest BCUT2D eigenvalue weighted by atomic mass is 35.5. The molecule has 16 heavy (non-hydrogen) atoms. The van der Waals surface area contributed by atoms with Crippen molar-refractivity contribution in [2.45, 2.75) is 32.2 Å². The number of nitrogens with zero attached hydrogens (tertiary/aromatic N) is 2. The topological polar surface area (TPSA) is 16.1 Å². The van der Waals surface area contributed by atoms with E-state index in [1.54, 1.807) is 6.07 Å². The smallest absolute Gasteiger partial charge is 0.129 e. The Balaban J connectivity index is 2.04. The Morgan fingerprint density at radius 2 is 1.75 bits per heavy atom. The van der Waals surface area contributed by atoms with Crippen molar-refractivity contribution in [3.05, 3.63) is 28.0 Å². The summed E-state index contributed by atoms with van der Waals surface area (Å²) in [5.41, 5.74) is 0.899. The van der Waals surface area contributed by atoms with E-state index in [-0.39, 0.29) is 0 Å². The SMILES string of the molecule is Clc1ccc(Cl)c(CN2CCCCCC2)n1. The number of hydrogen-bond donors (Lipinski definition) is 0. The van der Waals surface area contributed by atoms with Crippen molar-refractivity contribution in [2.75, 3.05) is 13.1 Å². The van der Waals surface area contributed by atoms with E-state index in [1.165, 1.54) is 25.7 Å². The van der Waals surface area contributed by atoms with Crippen LogP contribution in [0.3, 0.4) is 0 Å². The lowest BCUT2D eigenvalue weighted by Crippen LogP contribution is -2.24. The van der Waals surface area contributed by atoms with Gasteiger partial charge in [0.25, 0.3) is 0 Å². The summed E-state index contributed by atoms with van der Waals surface area (Å²) >= 11 is 12.0. The lowest BCUT2D eigenvalue weighted by Gasteiger charge is -2.19. The van der Waals surface area contributed by atoms with Gasteiger partial charge in [-0.2, -0.15) is 0 Å². The number of aromatic nitrogens is 1. The molecule has 1 aromatic rings. The van der Waals surface area contributed by atoms with Gasteiger partial charge in [-0.3, -0.25) is 4.90 Å². The van der Waals surface area contributed by atoms with E-state index >= 15 is 0 Å². The van der Waals surface area contributed by atoms with Gasteiger partial charge < -0.3 is 0 Å². The molecular formula is C12H16Cl2N2. The van der Waals surface area contributed by atoms with Crippen molar-refractivity contribution in [1.82, 2.24) is 9.88 Å². The van der Waals surface area contributed by atoms with Gasteiger partial charge in [-0.1, -0.05) is 36.0 Å². The largest absolute Gasteiger partial charge is 0.297 e. The molecule has 1 fully saturated rings. The zero-order valence-electron chi connectivity index (χ0n) is 9.25. The fourth-order valence-corrected chi connectivity index (χ4v) is 2.40. The van der Waals surface area contributed by atoms with Gasteiger partial charge in [-0.25, -0.2) is 4.98 Å². The minimum absolute atomic E-state index is 0.522. The molecule has 1 saturated heterocycles. The Labute approximate surface area is 107 Å². The summed E-state index contributed by atoms with van der Waals surface area (Å²) < 4.78 is 0. The number of hydrogen-bond acceptors (Lipinski definition) is 2. The number of likely N-dealkylation sites (tertiary alicyclic amines) is 1. The summed E-state index contributed by atoms with van der Waals surface area (Å²) in [5.74, 6) is 0. The van der Waals surface area contributed by atoms with Gasteiger partial charge in [-0.05, 0) is 38.1 Å². The Morgan fingerprint density at radius 1 is 1.06 bits per heavy atom. The molecule has 0 unspecified atom stereocenters. The molecule has 0 saturated carbocycles. The maximum Gasteiger partial charge on any atom is 0.129 e. The number of pyridine rings is 1. The Hall–Kier alpha value is -0.310. The van der Waals surface area contributed by atoms with E-state index in [0.717, 1.165) is 25.3 Å². The van der Waals surface area contributed by atoms with Crippen molar-refractivity contribution < 1.29 is 0 Å². The third-order valence-electron chi connectivity index (χ3n) is 2.96. The highest BCUT2D eigenvalue weighted by molar-refractivity contribution is 6.32. The molecule has 0 amide bonds. The lowest BCUT2D eigenvalue weighted by atomic mass is 10.2. The highest BCUT2D eigenvalue weighted by Crippen LogP contribution is 2.20. The Morgan fingerprint density at radius 3 is 2.44 bits per heavy atom. The lowest BCUT2D eigenvalue weighted by molar-refractivity contribution is 0.274. The molecule has 0 atom stereocenters. The Kier molecular flexibility index (Phi) is 4.45. The minimum Gasteiger partial charge on any atom is -0.297 e. The van der Waals surface area contributed by atoms with Crippen LogP contribution in [-0.2, 0) is 6.54 Å². The van der Waals surface area contributed by atoms with Crippen LogP contribution in [0.5, 0.6) is 0 Å². The fourth-order valence-electron chi connectivity index (χ4n) is 2.07. The first-order chi connectivity index (χ1) is 7.75. The van der Waals surface area contributed by atoms with Crippen molar-refractivity contribution in [1.29, 1.82) is 0 Å². The van der Waals surface area contributed by atoms with Gasteiger partial charge in [0.05, 0.1) is 10.7 Å². The van der Waals surface area contributed by atoms with Crippen LogP contribution in [0.4, 0.5) is 0 Å². The predicted molar refractivity (Wildman–Crippen MR) is 68.0 cm³/mol. The summed E-state index contributed by atoms with van der Waals surface area (Å²) in [4.78, 5) is 6.70. The second kappa shape index (κ2) is 5.85. The molecule has 1 aliphatic rings. The van der Waals surface area contributed by atoms with Gasteiger partial charge in [0.2, 0.25) is 0 Å². The van der Waals surface area contributed by atoms with Crippen LogP contribution in [0, 0.1) is 0 Å². The second-order valence-electron chi connectivity index (χ2n) is 4.25. The first-order valence-corrected chi connectivity index (χ1v) is 6.54. The second-order valence-corrected chi connectivity index (χ2v) is 5.05. The third kappa shape index (κ3) is 3.34. The zero-order chi connectivity index (χ0) is 11.4. The van der Waals surface area contributed by atoms with Crippen LogP contribution in [-0.4, -0.2) is 23.0 Å². The molecule has 0 aromatic carbocycles. The fraction of sp³-hybridized carbons (Fsp3) is 0.583. The van der Waals surface area contributed by atoms with Gasteiger partial charge in [0.1, 0.15) is 5.15 Å². The molecule has 0 radical (unpaired) electrons. The van der Waals surface area contributed by atoms with E-state index in [4.69, 9.17) is 23.2 Å². The number of rotatable bonds is 2. The summed E-state index contributed by atoms with van der Waals surface area (Å²) in [6, 6.07) is 3.56. The van der Waals surface area contributed by atoms with E-state index in [9.17, 15) is 0 Å². The standard InChI is InChI=1S/C12H16Cl2N2/c13-10-5-6-12(14)15-11(10)9-16-7-3-1-2-4-8-16/h5-6H,1-4,7-9H2. The number of halogens is 2. The molecule has 2 nitrogen and oxygen atoms in total. The van der Waals surface area contributed by atoms with E-state index < -0.39 is 0 Å². The van der Waals surface area contributed by atoms with Crippen molar-refractivity contribution >= 4 is 23.2 Å². The first-order valence-electron chi connectivity index (χ1n) is 5.79. The van der Waals surface area contributed by atoms with E-state index in [0.29, 0.717) is 10.2 Å². The van der Waals surface area contributed by atoms with Crippen LogP contribution in [0.1, 0.15) is 31.4 Å². The van der Waals surface area contributed by atoms with Crippen molar-refractivity contribution in [3.63, 3.8) is 0 Å². The van der Waals surface area contributed by atoms with Gasteiger partial charge in [-0.15, -0.1) is 0 Å². The van der Waals surface area contributed by atoms with Crippen molar-refractivity contribution in [2.24, 2.45) is 0 Å². The first kappa shape index (κ1) is 12.2. The quantitative estimate of drug-likeness (QED) is 0.752. The molecule has 88 valence electrons. The molecule has 4 heteroatoms. The molecule has 0 spiro atoms. The van der Waals surface area contributed by atoms with Crippen LogP contribution in [0.2, 0.25) is 10.2 Å². The maximum absolute atomic E-state index is 6.11. The van der Waals surface area contributed by atoms with Crippen LogP contribution in [0.25, 0.3) is 0 Å². The van der Waals surface area contributed by atoms with Gasteiger partial charge >= 0.3 is 0 Å². The molecule has 1 aromatic heterocycles. The molecule has 1 aliphatic heterocycles. The van der Waals surface area contributed by atoms with Crippen LogP contribution in [0.15, 0.2) is 12.1 Å². The summed E-state index contributed by atoms with van der Waals surface area (Å²) in [6.45, 7) is 3.11.